The molecule has 0 aliphatic heterocycles. The van der Waals surface area contributed by atoms with E-state index in [2.05, 4.69) is 21.9 Å². The molecule has 0 saturated heterocycles. The van der Waals surface area contributed by atoms with Gasteiger partial charge in [0.05, 0.1) is 17.8 Å². The molecular formula is C18H19FN4O. The number of hydrogen-bond donors (Lipinski definition) is 1. The van der Waals surface area contributed by atoms with E-state index in [9.17, 15) is 4.39 Å². The molecule has 124 valence electrons. The van der Waals surface area contributed by atoms with Crippen LogP contribution in [0, 0.1) is 5.82 Å². The Morgan fingerprint density at radius 1 is 1.04 bits per heavy atom. The molecule has 2 aromatic heterocycles. The molecule has 0 radical (unpaired) electrons. The molecule has 6 heteroatoms. The lowest BCUT2D eigenvalue weighted by atomic mass is 10.1. The molecule has 0 aliphatic rings. The second kappa shape index (κ2) is 7.21. The quantitative estimate of drug-likeness (QED) is 0.694. The Labute approximate surface area is 139 Å². The molecule has 0 atom stereocenters. The molecule has 0 unspecified atom stereocenters. The number of nitrogens with two attached hydrogens (primary N) is 1. The van der Waals surface area contributed by atoms with Crippen molar-refractivity contribution in [1.29, 1.82) is 0 Å². The van der Waals surface area contributed by atoms with Crippen molar-refractivity contribution in [3.8, 4) is 17.1 Å². The maximum atomic E-state index is 14.0. The predicted molar refractivity (Wildman–Crippen MR) is 92.2 cm³/mol. The van der Waals surface area contributed by atoms with E-state index in [-0.39, 0.29) is 11.8 Å². The van der Waals surface area contributed by atoms with Crippen molar-refractivity contribution in [3.63, 3.8) is 0 Å². The normalized spacial score (nSPS) is 10.9. The number of unbranched alkanes of at least 4 members (excludes halogenated alkanes) is 2. The van der Waals surface area contributed by atoms with Gasteiger partial charge in [0.1, 0.15) is 5.82 Å². The summed E-state index contributed by atoms with van der Waals surface area (Å²) in [6.45, 7) is 2.66. The molecule has 2 N–H and O–H groups in total. The summed E-state index contributed by atoms with van der Waals surface area (Å²) in [5.74, 6) is 0.145. The number of nitrogen functional groups attached to an aromatic ring is 1. The number of benzene rings is 1. The highest BCUT2D eigenvalue weighted by molar-refractivity contribution is 5.83. The number of nitrogens with zero attached hydrogens (tertiary/aromatic N) is 3. The highest BCUT2D eigenvalue weighted by atomic mass is 19.1. The highest BCUT2D eigenvalue weighted by Gasteiger charge is 2.12. The van der Waals surface area contributed by atoms with Crippen LogP contribution in [0.25, 0.3) is 22.3 Å². The third-order valence-electron chi connectivity index (χ3n) is 3.66. The van der Waals surface area contributed by atoms with Crippen LogP contribution in [0.4, 0.5) is 10.3 Å². The average molecular weight is 326 g/mol. The van der Waals surface area contributed by atoms with Crippen LogP contribution in [0.2, 0.25) is 0 Å². The standard InChI is InChI=1S/C18H19FN4O/c1-2-3-6-11-24-17-16-15(22-18(20)23-17)10-9-14(21-16)12-7-4-5-8-13(12)19/h4-5,7-10H,2-3,6,11H2,1H3,(H2,20,22,23). The molecule has 24 heavy (non-hydrogen) atoms. The van der Waals surface area contributed by atoms with E-state index < -0.39 is 0 Å². The van der Waals surface area contributed by atoms with Gasteiger partial charge in [0, 0.05) is 5.56 Å². The van der Waals surface area contributed by atoms with E-state index in [4.69, 9.17) is 10.5 Å². The van der Waals surface area contributed by atoms with Gasteiger partial charge in [0.2, 0.25) is 11.8 Å². The molecule has 3 aromatic rings. The molecule has 0 saturated carbocycles. The van der Waals surface area contributed by atoms with E-state index in [1.165, 1.54) is 6.07 Å². The van der Waals surface area contributed by atoms with Crippen LogP contribution in [-0.4, -0.2) is 21.6 Å². The number of anilines is 1. The Kier molecular flexibility index (Phi) is 4.84. The molecule has 0 aliphatic carbocycles. The third-order valence-corrected chi connectivity index (χ3v) is 3.66. The average Bonchev–Trinajstić information content (AvgIpc) is 2.59. The summed E-state index contributed by atoms with van der Waals surface area (Å²) in [6, 6.07) is 9.97. The summed E-state index contributed by atoms with van der Waals surface area (Å²) >= 11 is 0. The second-order valence-corrected chi connectivity index (χ2v) is 5.49. The summed E-state index contributed by atoms with van der Waals surface area (Å²) in [5.41, 5.74) is 7.73. The topological polar surface area (TPSA) is 73.9 Å². The van der Waals surface area contributed by atoms with Crippen LogP contribution in [0.1, 0.15) is 26.2 Å². The van der Waals surface area contributed by atoms with Gasteiger partial charge >= 0.3 is 0 Å². The van der Waals surface area contributed by atoms with E-state index in [1.54, 1.807) is 30.3 Å². The Bertz CT molecular complexity index is 854. The van der Waals surface area contributed by atoms with Gasteiger partial charge in [-0.25, -0.2) is 14.4 Å². The fourth-order valence-electron chi connectivity index (χ4n) is 2.45. The summed E-state index contributed by atoms with van der Waals surface area (Å²) in [6.07, 6.45) is 3.10. The van der Waals surface area contributed by atoms with Crippen molar-refractivity contribution in [2.24, 2.45) is 0 Å². The van der Waals surface area contributed by atoms with Gasteiger partial charge in [-0.2, -0.15) is 4.98 Å². The largest absolute Gasteiger partial charge is 0.476 e. The van der Waals surface area contributed by atoms with Crippen LogP contribution < -0.4 is 10.5 Å². The van der Waals surface area contributed by atoms with Crippen LogP contribution in [0.5, 0.6) is 5.88 Å². The Hall–Kier alpha value is -2.76. The lowest BCUT2D eigenvalue weighted by molar-refractivity contribution is 0.298. The van der Waals surface area contributed by atoms with Crippen molar-refractivity contribution >= 4 is 17.0 Å². The van der Waals surface area contributed by atoms with Gasteiger partial charge in [-0.3, -0.25) is 0 Å². The van der Waals surface area contributed by atoms with E-state index in [1.807, 2.05) is 0 Å². The Morgan fingerprint density at radius 2 is 1.88 bits per heavy atom. The number of ether oxygens (including phenoxy) is 1. The van der Waals surface area contributed by atoms with Crippen LogP contribution >= 0.6 is 0 Å². The zero-order chi connectivity index (χ0) is 16.9. The zero-order valence-corrected chi connectivity index (χ0v) is 13.5. The smallest absolute Gasteiger partial charge is 0.245 e. The number of halogens is 1. The van der Waals surface area contributed by atoms with Crippen LogP contribution in [-0.2, 0) is 0 Å². The molecule has 0 amide bonds. The summed E-state index contributed by atoms with van der Waals surface area (Å²) < 4.78 is 19.7. The van der Waals surface area contributed by atoms with E-state index >= 15 is 0 Å². The fourth-order valence-corrected chi connectivity index (χ4v) is 2.45. The number of fused-ring (bicyclic) bond motifs is 1. The number of aromatic nitrogens is 3. The molecule has 3 rings (SSSR count). The van der Waals surface area contributed by atoms with Crippen molar-refractivity contribution in [3.05, 3.63) is 42.2 Å². The lowest BCUT2D eigenvalue weighted by Gasteiger charge is -2.09. The maximum absolute atomic E-state index is 14.0. The van der Waals surface area contributed by atoms with E-state index in [0.717, 1.165) is 19.3 Å². The first-order chi connectivity index (χ1) is 11.7. The fraction of sp³-hybridized carbons (Fsp3) is 0.278. The highest BCUT2D eigenvalue weighted by Crippen LogP contribution is 2.27. The SMILES string of the molecule is CCCCCOc1nc(N)nc2ccc(-c3ccccc3F)nc12. The molecule has 0 bridgehead atoms. The minimum atomic E-state index is -0.328. The van der Waals surface area contributed by atoms with Gasteiger partial charge in [0.15, 0.2) is 5.52 Å². The van der Waals surface area contributed by atoms with Gasteiger partial charge in [0.25, 0.3) is 0 Å². The molecular weight excluding hydrogens is 307 g/mol. The lowest BCUT2D eigenvalue weighted by Crippen LogP contribution is -2.04. The van der Waals surface area contributed by atoms with Gasteiger partial charge in [-0.15, -0.1) is 0 Å². The predicted octanol–water partition coefficient (Wildman–Crippen LogP) is 3.98. The Balaban J connectivity index is 2.01. The van der Waals surface area contributed by atoms with Crippen LogP contribution in [0.15, 0.2) is 36.4 Å². The van der Waals surface area contributed by atoms with Crippen LogP contribution in [0.3, 0.4) is 0 Å². The zero-order valence-electron chi connectivity index (χ0n) is 13.5. The van der Waals surface area contributed by atoms with Crippen molar-refractivity contribution in [1.82, 2.24) is 15.0 Å². The minimum absolute atomic E-state index is 0.133. The first-order valence-electron chi connectivity index (χ1n) is 8.01. The number of rotatable bonds is 6. The van der Waals surface area contributed by atoms with Gasteiger partial charge in [-0.1, -0.05) is 31.9 Å². The van der Waals surface area contributed by atoms with Gasteiger partial charge < -0.3 is 10.5 Å². The first kappa shape index (κ1) is 16.1. The minimum Gasteiger partial charge on any atom is -0.476 e. The maximum Gasteiger partial charge on any atom is 0.245 e. The molecule has 0 fully saturated rings. The number of hydrogen-bond acceptors (Lipinski definition) is 5. The van der Waals surface area contributed by atoms with Crippen molar-refractivity contribution in [2.75, 3.05) is 12.3 Å². The molecule has 5 nitrogen and oxygen atoms in total. The summed E-state index contributed by atoms with van der Waals surface area (Å²) in [7, 11) is 0. The summed E-state index contributed by atoms with van der Waals surface area (Å²) in [5, 5.41) is 0. The monoisotopic (exact) mass is 326 g/mol. The third kappa shape index (κ3) is 3.42. The Morgan fingerprint density at radius 3 is 2.67 bits per heavy atom. The van der Waals surface area contributed by atoms with Gasteiger partial charge in [-0.05, 0) is 30.7 Å². The molecule has 0 spiro atoms. The first-order valence-corrected chi connectivity index (χ1v) is 8.01. The second-order valence-electron chi connectivity index (χ2n) is 5.49. The number of pyridine rings is 1. The molecule has 2 heterocycles. The van der Waals surface area contributed by atoms with E-state index in [0.29, 0.717) is 34.8 Å². The van der Waals surface area contributed by atoms with Crippen molar-refractivity contribution < 1.29 is 9.13 Å². The van der Waals surface area contributed by atoms with Crippen molar-refractivity contribution in [2.45, 2.75) is 26.2 Å². The molecule has 1 aromatic carbocycles. The summed E-state index contributed by atoms with van der Waals surface area (Å²) in [4.78, 5) is 12.8.